The van der Waals surface area contributed by atoms with Gasteiger partial charge in [0, 0.05) is 31.9 Å². The number of carbonyl (C=O) groups is 1. The maximum Gasteiger partial charge on any atom is 0.254 e. The van der Waals surface area contributed by atoms with Crippen LogP contribution in [-0.4, -0.2) is 44.0 Å². The summed E-state index contributed by atoms with van der Waals surface area (Å²) >= 11 is 0. The van der Waals surface area contributed by atoms with Gasteiger partial charge in [0.05, 0.1) is 0 Å². The van der Waals surface area contributed by atoms with Gasteiger partial charge in [-0.3, -0.25) is 4.79 Å². The van der Waals surface area contributed by atoms with Gasteiger partial charge in [-0.1, -0.05) is 0 Å². The van der Waals surface area contributed by atoms with Gasteiger partial charge in [0.1, 0.15) is 17.2 Å². The second-order valence-corrected chi connectivity index (χ2v) is 4.44. The lowest BCUT2D eigenvalue weighted by Crippen LogP contribution is -2.44. The topological polar surface area (TPSA) is 49.6 Å². The molecule has 0 unspecified atom stereocenters. The van der Waals surface area contributed by atoms with Crippen LogP contribution >= 0.6 is 0 Å². The van der Waals surface area contributed by atoms with Crippen LogP contribution in [0.25, 0.3) is 0 Å². The van der Waals surface area contributed by atoms with Crippen LogP contribution in [0.5, 0.6) is 0 Å². The van der Waals surface area contributed by atoms with Crippen molar-refractivity contribution in [3.05, 3.63) is 29.3 Å². The highest BCUT2D eigenvalue weighted by molar-refractivity contribution is 5.93. The van der Waals surface area contributed by atoms with E-state index in [1.54, 1.807) is 0 Å². The summed E-state index contributed by atoms with van der Waals surface area (Å²) in [6.07, 6.45) is 0. The molecule has 1 amide bonds. The van der Waals surface area contributed by atoms with E-state index in [0.717, 1.165) is 25.2 Å². The van der Waals surface area contributed by atoms with Crippen LogP contribution in [0.15, 0.2) is 12.1 Å². The first-order valence-electron chi connectivity index (χ1n) is 5.71. The third-order valence-electron chi connectivity index (χ3n) is 3.14. The van der Waals surface area contributed by atoms with E-state index in [1.165, 1.54) is 0 Å². The van der Waals surface area contributed by atoms with E-state index in [2.05, 4.69) is 4.90 Å². The van der Waals surface area contributed by atoms with E-state index in [0.29, 0.717) is 18.8 Å². The molecule has 1 heterocycles. The lowest BCUT2D eigenvalue weighted by molar-refractivity contribution is 0.0992. The van der Waals surface area contributed by atoms with Gasteiger partial charge in [-0.15, -0.1) is 0 Å². The summed E-state index contributed by atoms with van der Waals surface area (Å²) in [5, 5.41) is 0. The van der Waals surface area contributed by atoms with E-state index in [9.17, 15) is 13.6 Å². The second-order valence-electron chi connectivity index (χ2n) is 4.44. The maximum absolute atomic E-state index is 13.6. The van der Waals surface area contributed by atoms with Crippen molar-refractivity contribution >= 4 is 11.6 Å². The average Bonchev–Trinajstić information content (AvgIpc) is 2.28. The zero-order chi connectivity index (χ0) is 13.3. The van der Waals surface area contributed by atoms with Gasteiger partial charge in [-0.2, -0.15) is 0 Å². The smallest absolute Gasteiger partial charge is 0.254 e. The quantitative estimate of drug-likeness (QED) is 0.851. The van der Waals surface area contributed by atoms with E-state index in [1.807, 2.05) is 11.9 Å². The first kappa shape index (κ1) is 12.8. The first-order chi connectivity index (χ1) is 8.49. The summed E-state index contributed by atoms with van der Waals surface area (Å²) in [6, 6.07) is 2.32. The summed E-state index contributed by atoms with van der Waals surface area (Å²) in [5.41, 5.74) is 4.70. The highest BCUT2D eigenvalue weighted by Crippen LogP contribution is 2.22. The normalized spacial score (nSPS) is 16.9. The van der Waals surface area contributed by atoms with E-state index in [4.69, 9.17) is 5.73 Å². The first-order valence-corrected chi connectivity index (χ1v) is 5.71. The number of hydrogen-bond acceptors (Lipinski definition) is 3. The Kier molecular flexibility index (Phi) is 3.47. The van der Waals surface area contributed by atoms with Crippen molar-refractivity contribution in [3.8, 4) is 0 Å². The number of piperazine rings is 1. The number of likely N-dealkylation sites (N-methyl/N-ethyl adjacent to an activating group) is 1. The predicted octanol–water partition coefficient (Wildman–Crippen LogP) is 0.816. The fourth-order valence-corrected chi connectivity index (χ4v) is 2.04. The highest BCUT2D eigenvalue weighted by Gasteiger charge is 2.20. The van der Waals surface area contributed by atoms with Crippen molar-refractivity contribution in [1.82, 2.24) is 4.90 Å². The summed E-state index contributed by atoms with van der Waals surface area (Å²) in [4.78, 5) is 14.9. The van der Waals surface area contributed by atoms with Crippen LogP contribution < -0.4 is 10.6 Å². The number of carbonyl (C=O) groups excluding carboxylic acids is 1. The number of amides is 1. The molecule has 1 aromatic carbocycles. The predicted molar refractivity (Wildman–Crippen MR) is 64.6 cm³/mol. The molecule has 0 saturated carbocycles. The van der Waals surface area contributed by atoms with Crippen molar-refractivity contribution in [2.24, 2.45) is 5.73 Å². The Hall–Kier alpha value is -1.69. The van der Waals surface area contributed by atoms with Gasteiger partial charge in [0.2, 0.25) is 0 Å². The molecule has 0 bridgehead atoms. The molecule has 0 radical (unpaired) electrons. The molecule has 4 nitrogen and oxygen atoms in total. The lowest BCUT2D eigenvalue weighted by atomic mass is 10.1. The minimum atomic E-state index is -1.09. The molecule has 2 rings (SSSR count). The van der Waals surface area contributed by atoms with Crippen LogP contribution in [0.1, 0.15) is 10.4 Å². The molecule has 0 atom stereocenters. The molecular weight excluding hydrogens is 240 g/mol. The number of primary amides is 1. The van der Waals surface area contributed by atoms with Gasteiger partial charge in [-0.05, 0) is 19.2 Å². The van der Waals surface area contributed by atoms with E-state index in [-0.39, 0.29) is 0 Å². The molecule has 1 aliphatic heterocycles. The molecule has 0 aromatic heterocycles. The monoisotopic (exact) mass is 255 g/mol. The molecular formula is C12H15F2N3O. The highest BCUT2D eigenvalue weighted by atomic mass is 19.1. The lowest BCUT2D eigenvalue weighted by Gasteiger charge is -2.34. The average molecular weight is 255 g/mol. The molecule has 1 saturated heterocycles. The van der Waals surface area contributed by atoms with Crippen molar-refractivity contribution < 1.29 is 13.6 Å². The number of anilines is 1. The van der Waals surface area contributed by atoms with Crippen molar-refractivity contribution in [1.29, 1.82) is 0 Å². The van der Waals surface area contributed by atoms with Crippen molar-refractivity contribution in [3.63, 3.8) is 0 Å². The third-order valence-corrected chi connectivity index (χ3v) is 3.14. The van der Waals surface area contributed by atoms with Gasteiger partial charge in [0.15, 0.2) is 0 Å². The van der Waals surface area contributed by atoms with Gasteiger partial charge < -0.3 is 15.5 Å². The number of hydrogen-bond donors (Lipinski definition) is 1. The molecule has 0 spiro atoms. The Morgan fingerprint density at radius 2 is 1.67 bits per heavy atom. The molecule has 0 aliphatic carbocycles. The summed E-state index contributed by atoms with van der Waals surface area (Å²) in [5.74, 6) is -2.90. The number of halogens is 2. The SMILES string of the molecule is CN1CCN(c2cc(F)c(C(N)=O)c(F)c2)CC1. The van der Waals surface area contributed by atoms with Crippen LogP contribution in [0.4, 0.5) is 14.5 Å². The number of nitrogens with two attached hydrogens (primary N) is 1. The number of nitrogens with zero attached hydrogens (tertiary/aromatic N) is 2. The Bertz CT molecular complexity index is 447. The second kappa shape index (κ2) is 4.89. The van der Waals surface area contributed by atoms with E-state index >= 15 is 0 Å². The van der Waals surface area contributed by atoms with Crippen LogP contribution in [-0.2, 0) is 0 Å². The Balaban J connectivity index is 2.28. The molecule has 6 heteroatoms. The Labute approximate surface area is 104 Å². The minimum absolute atomic E-state index is 0.447. The Morgan fingerprint density at radius 3 is 2.11 bits per heavy atom. The molecule has 18 heavy (non-hydrogen) atoms. The van der Waals surface area contributed by atoms with Crippen molar-refractivity contribution in [2.75, 3.05) is 38.1 Å². The summed E-state index contributed by atoms with van der Waals surface area (Å²) < 4.78 is 27.2. The fraction of sp³-hybridized carbons (Fsp3) is 0.417. The maximum atomic E-state index is 13.6. The van der Waals surface area contributed by atoms with Crippen molar-refractivity contribution in [2.45, 2.75) is 0 Å². The molecule has 1 fully saturated rings. The van der Waals surface area contributed by atoms with Crippen LogP contribution in [0, 0.1) is 11.6 Å². The summed E-state index contributed by atoms with van der Waals surface area (Å²) in [6.45, 7) is 3.07. The van der Waals surface area contributed by atoms with Gasteiger partial charge >= 0.3 is 0 Å². The molecule has 98 valence electrons. The fourth-order valence-electron chi connectivity index (χ4n) is 2.04. The minimum Gasteiger partial charge on any atom is -0.369 e. The zero-order valence-corrected chi connectivity index (χ0v) is 10.1. The van der Waals surface area contributed by atoms with Crippen LogP contribution in [0.3, 0.4) is 0 Å². The zero-order valence-electron chi connectivity index (χ0n) is 10.1. The summed E-state index contributed by atoms with van der Waals surface area (Å²) in [7, 11) is 1.99. The van der Waals surface area contributed by atoms with Gasteiger partial charge in [0.25, 0.3) is 5.91 Å². The molecule has 2 N–H and O–H groups in total. The molecule has 1 aromatic rings. The third kappa shape index (κ3) is 2.43. The van der Waals surface area contributed by atoms with Gasteiger partial charge in [-0.25, -0.2) is 8.78 Å². The van der Waals surface area contributed by atoms with E-state index < -0.39 is 23.1 Å². The largest absolute Gasteiger partial charge is 0.369 e. The number of benzene rings is 1. The standard InChI is InChI=1S/C12H15F2N3O/c1-16-2-4-17(5-3-16)8-6-9(13)11(12(15)18)10(14)7-8/h6-7H,2-5H2,1H3,(H2,15,18). The molecule has 1 aliphatic rings. The van der Waals surface area contributed by atoms with Crippen LogP contribution in [0.2, 0.25) is 0 Å². The number of rotatable bonds is 2. The Morgan fingerprint density at radius 1 is 1.17 bits per heavy atom.